The molecule has 6 nitrogen and oxygen atoms in total. The topological polar surface area (TPSA) is 93.8 Å². The Labute approximate surface area is 153 Å². The number of carbonyl (C=O) groups is 1. The standard InChI is InChI=1S/C20H26N2O4/c1-14(23)12-25-13-15(2)26-20(24)22-19-9-5-17(6-10-19)11-16-3-7-18(21)8-4-16/h3-10,14-15,23H,11-13,21H2,1-2H3,(H,22,24). The van der Waals surface area contributed by atoms with E-state index in [1.807, 2.05) is 48.5 Å². The van der Waals surface area contributed by atoms with Crippen LogP contribution in [0.5, 0.6) is 0 Å². The number of nitrogen functional groups attached to an aromatic ring is 1. The van der Waals surface area contributed by atoms with Crippen LogP contribution in [0.1, 0.15) is 25.0 Å². The lowest BCUT2D eigenvalue weighted by Crippen LogP contribution is -2.25. The van der Waals surface area contributed by atoms with Gasteiger partial charge in [0.15, 0.2) is 0 Å². The molecule has 0 spiro atoms. The van der Waals surface area contributed by atoms with Crippen molar-refractivity contribution in [3.8, 4) is 0 Å². The van der Waals surface area contributed by atoms with Crippen LogP contribution in [0, 0.1) is 0 Å². The number of benzene rings is 2. The van der Waals surface area contributed by atoms with Crippen LogP contribution in [0.25, 0.3) is 0 Å². The lowest BCUT2D eigenvalue weighted by atomic mass is 10.0. The molecule has 2 unspecified atom stereocenters. The number of anilines is 2. The number of aliphatic hydroxyl groups is 1. The molecule has 2 rings (SSSR count). The van der Waals surface area contributed by atoms with Crippen molar-refractivity contribution in [2.24, 2.45) is 0 Å². The minimum atomic E-state index is -0.539. The largest absolute Gasteiger partial charge is 0.444 e. The van der Waals surface area contributed by atoms with Crippen molar-refractivity contribution >= 4 is 17.5 Å². The Kier molecular flexibility index (Phi) is 7.44. The maximum absolute atomic E-state index is 11.9. The first-order valence-corrected chi connectivity index (χ1v) is 8.59. The van der Waals surface area contributed by atoms with E-state index in [0.717, 1.165) is 17.7 Å². The summed E-state index contributed by atoms with van der Waals surface area (Å²) in [5.41, 5.74) is 9.40. The van der Waals surface area contributed by atoms with Gasteiger partial charge in [-0.25, -0.2) is 4.79 Å². The number of rotatable bonds is 8. The molecule has 0 bridgehead atoms. The van der Waals surface area contributed by atoms with Crippen LogP contribution in [-0.2, 0) is 15.9 Å². The third-order valence-corrected chi connectivity index (χ3v) is 3.61. The van der Waals surface area contributed by atoms with Crippen molar-refractivity contribution in [3.05, 3.63) is 59.7 Å². The van der Waals surface area contributed by atoms with Gasteiger partial charge in [-0.3, -0.25) is 5.32 Å². The molecule has 0 aliphatic rings. The van der Waals surface area contributed by atoms with E-state index >= 15 is 0 Å². The van der Waals surface area contributed by atoms with Gasteiger partial charge in [0.05, 0.1) is 19.3 Å². The van der Waals surface area contributed by atoms with Crippen LogP contribution in [-0.4, -0.2) is 36.6 Å². The smallest absolute Gasteiger partial charge is 0.411 e. The molecule has 2 atom stereocenters. The van der Waals surface area contributed by atoms with Gasteiger partial charge in [0.25, 0.3) is 0 Å². The Morgan fingerprint density at radius 2 is 1.62 bits per heavy atom. The molecule has 0 saturated carbocycles. The minimum absolute atomic E-state index is 0.213. The molecule has 6 heteroatoms. The van der Waals surface area contributed by atoms with Gasteiger partial charge in [0.2, 0.25) is 0 Å². The van der Waals surface area contributed by atoms with Crippen LogP contribution in [0.2, 0.25) is 0 Å². The van der Waals surface area contributed by atoms with E-state index in [9.17, 15) is 4.79 Å². The highest BCUT2D eigenvalue weighted by Crippen LogP contribution is 2.15. The van der Waals surface area contributed by atoms with Crippen molar-refractivity contribution in [1.82, 2.24) is 0 Å². The SMILES string of the molecule is CC(O)COCC(C)OC(=O)Nc1ccc(Cc2ccc(N)cc2)cc1. The molecule has 2 aromatic carbocycles. The van der Waals surface area contributed by atoms with Gasteiger partial charge in [-0.15, -0.1) is 0 Å². The van der Waals surface area contributed by atoms with Crippen molar-refractivity contribution in [1.29, 1.82) is 0 Å². The summed E-state index contributed by atoms with van der Waals surface area (Å²) in [7, 11) is 0. The van der Waals surface area contributed by atoms with Gasteiger partial charge in [-0.2, -0.15) is 0 Å². The highest BCUT2D eigenvalue weighted by molar-refractivity contribution is 5.84. The second kappa shape index (κ2) is 9.79. The zero-order valence-corrected chi connectivity index (χ0v) is 15.1. The number of aliphatic hydroxyl groups excluding tert-OH is 1. The van der Waals surface area contributed by atoms with Crippen molar-refractivity contribution in [3.63, 3.8) is 0 Å². The normalized spacial score (nSPS) is 13.0. The molecule has 0 saturated heterocycles. The summed E-state index contributed by atoms with van der Waals surface area (Å²) in [4.78, 5) is 11.9. The molecule has 0 fully saturated rings. The second-order valence-corrected chi connectivity index (χ2v) is 6.34. The van der Waals surface area contributed by atoms with E-state index in [2.05, 4.69) is 5.32 Å². The van der Waals surface area contributed by atoms with Crippen molar-refractivity contribution in [2.75, 3.05) is 24.3 Å². The molecule has 0 radical (unpaired) electrons. The van der Waals surface area contributed by atoms with Gasteiger partial charge >= 0.3 is 6.09 Å². The molecule has 0 aliphatic carbocycles. The summed E-state index contributed by atoms with van der Waals surface area (Å²) < 4.78 is 10.4. The first kappa shape index (κ1) is 19.8. The van der Waals surface area contributed by atoms with E-state index in [1.165, 1.54) is 5.56 Å². The Morgan fingerprint density at radius 1 is 1.04 bits per heavy atom. The first-order valence-electron chi connectivity index (χ1n) is 8.59. The zero-order valence-electron chi connectivity index (χ0n) is 15.1. The summed E-state index contributed by atoms with van der Waals surface area (Å²) in [6.07, 6.45) is -0.686. The molecule has 1 amide bonds. The second-order valence-electron chi connectivity index (χ2n) is 6.34. The predicted molar refractivity (Wildman–Crippen MR) is 102 cm³/mol. The van der Waals surface area contributed by atoms with E-state index in [4.69, 9.17) is 20.3 Å². The van der Waals surface area contributed by atoms with Crippen molar-refractivity contribution < 1.29 is 19.4 Å². The van der Waals surface area contributed by atoms with Crippen molar-refractivity contribution in [2.45, 2.75) is 32.5 Å². The molecule has 2 aromatic rings. The van der Waals surface area contributed by atoms with Gasteiger partial charge in [-0.1, -0.05) is 24.3 Å². The quantitative estimate of drug-likeness (QED) is 0.630. The highest BCUT2D eigenvalue weighted by Gasteiger charge is 2.10. The van der Waals surface area contributed by atoms with Gasteiger partial charge in [-0.05, 0) is 55.7 Å². The monoisotopic (exact) mass is 358 g/mol. The van der Waals surface area contributed by atoms with E-state index in [1.54, 1.807) is 13.8 Å². The van der Waals surface area contributed by atoms with E-state index in [0.29, 0.717) is 5.69 Å². The maximum atomic E-state index is 11.9. The molecular weight excluding hydrogens is 332 g/mol. The van der Waals surface area contributed by atoms with Gasteiger partial charge in [0, 0.05) is 11.4 Å². The zero-order chi connectivity index (χ0) is 18.9. The Balaban J connectivity index is 1.78. The number of carbonyl (C=O) groups excluding carboxylic acids is 1. The van der Waals surface area contributed by atoms with Crippen LogP contribution in [0.15, 0.2) is 48.5 Å². The van der Waals surface area contributed by atoms with Crippen LogP contribution < -0.4 is 11.1 Å². The lowest BCUT2D eigenvalue weighted by Gasteiger charge is -2.15. The number of nitrogens with one attached hydrogen (secondary N) is 1. The van der Waals surface area contributed by atoms with Crippen LogP contribution >= 0.6 is 0 Å². The van der Waals surface area contributed by atoms with Crippen LogP contribution in [0.4, 0.5) is 16.2 Å². The van der Waals surface area contributed by atoms with E-state index in [-0.39, 0.29) is 13.2 Å². The number of hydrogen-bond donors (Lipinski definition) is 3. The third kappa shape index (κ3) is 7.13. The molecule has 140 valence electrons. The maximum Gasteiger partial charge on any atom is 0.411 e. The number of ether oxygens (including phenoxy) is 2. The molecular formula is C20H26N2O4. The fourth-order valence-electron chi connectivity index (χ4n) is 2.35. The summed E-state index contributed by atoms with van der Waals surface area (Å²) in [6.45, 7) is 3.82. The predicted octanol–water partition coefficient (Wildman–Crippen LogP) is 3.19. The Hall–Kier alpha value is -2.57. The average Bonchev–Trinajstić information content (AvgIpc) is 2.58. The fourth-order valence-corrected chi connectivity index (χ4v) is 2.35. The highest BCUT2D eigenvalue weighted by atomic mass is 16.6. The van der Waals surface area contributed by atoms with Crippen LogP contribution in [0.3, 0.4) is 0 Å². The van der Waals surface area contributed by atoms with Gasteiger partial charge in [0.1, 0.15) is 6.10 Å². The lowest BCUT2D eigenvalue weighted by molar-refractivity contribution is -0.000794. The first-order chi connectivity index (χ1) is 12.4. The molecule has 0 aliphatic heterocycles. The van der Waals surface area contributed by atoms with E-state index < -0.39 is 18.3 Å². The number of nitrogens with two attached hydrogens (primary N) is 1. The summed E-state index contributed by atoms with van der Waals surface area (Å²) in [5, 5.41) is 11.8. The number of hydrogen-bond acceptors (Lipinski definition) is 5. The average molecular weight is 358 g/mol. The summed E-state index contributed by atoms with van der Waals surface area (Å²) in [5.74, 6) is 0. The summed E-state index contributed by atoms with van der Waals surface area (Å²) in [6, 6.07) is 15.4. The molecule has 0 heterocycles. The number of amides is 1. The summed E-state index contributed by atoms with van der Waals surface area (Å²) >= 11 is 0. The molecule has 26 heavy (non-hydrogen) atoms. The molecule has 4 N–H and O–H groups in total. The fraction of sp³-hybridized carbons (Fsp3) is 0.350. The minimum Gasteiger partial charge on any atom is -0.444 e. The molecule has 0 aromatic heterocycles. The Bertz CT molecular complexity index is 684. The third-order valence-electron chi connectivity index (χ3n) is 3.61. The van der Waals surface area contributed by atoms with Gasteiger partial charge < -0.3 is 20.3 Å². The Morgan fingerprint density at radius 3 is 2.19 bits per heavy atom.